The molecule has 2 heterocycles. The number of fused-ring (bicyclic) bond motifs is 1. The lowest BCUT2D eigenvalue weighted by Crippen LogP contribution is -2.48. The Morgan fingerprint density at radius 3 is 2.63 bits per heavy atom. The van der Waals surface area contributed by atoms with Crippen molar-refractivity contribution in [3.05, 3.63) is 50.7 Å². The maximum Gasteiger partial charge on any atom is 0.332 e. The minimum atomic E-state index is -0.590. The second-order valence-electron chi connectivity index (χ2n) is 6.64. The maximum absolute atomic E-state index is 12.3. The van der Waals surface area contributed by atoms with Crippen molar-refractivity contribution in [3.63, 3.8) is 0 Å². The van der Waals surface area contributed by atoms with E-state index in [9.17, 15) is 14.9 Å². The van der Waals surface area contributed by atoms with Crippen molar-refractivity contribution in [3.8, 4) is 11.8 Å². The van der Waals surface area contributed by atoms with Crippen LogP contribution in [0.15, 0.2) is 33.9 Å². The number of nitrogens with zero attached hydrogens (tertiary/aromatic N) is 5. The molecule has 0 aliphatic carbocycles. The van der Waals surface area contributed by atoms with Crippen LogP contribution in [-0.4, -0.2) is 41.9 Å². The zero-order chi connectivity index (χ0) is 19.7. The van der Waals surface area contributed by atoms with Gasteiger partial charge in [0.15, 0.2) is 5.56 Å². The van der Waals surface area contributed by atoms with Crippen LogP contribution in [0.25, 0.3) is 0 Å². The fraction of sp³-hybridized carbons (Fsp3) is 0.421. The van der Waals surface area contributed by atoms with Crippen LogP contribution in [-0.2, 0) is 14.1 Å². The van der Waals surface area contributed by atoms with E-state index in [2.05, 4.69) is 11.8 Å². The highest BCUT2D eigenvalue weighted by Gasteiger charge is 2.27. The second kappa shape index (κ2) is 7.19. The highest BCUT2D eigenvalue weighted by molar-refractivity contribution is 5.60. The van der Waals surface area contributed by atoms with E-state index >= 15 is 0 Å². The zero-order valence-electron chi connectivity index (χ0n) is 16.0. The summed E-state index contributed by atoms with van der Waals surface area (Å²) < 4.78 is 8.39. The molecule has 0 amide bonds. The zero-order valence-corrected chi connectivity index (χ0v) is 16.0. The van der Waals surface area contributed by atoms with Crippen molar-refractivity contribution in [2.75, 3.05) is 36.5 Å². The summed E-state index contributed by atoms with van der Waals surface area (Å²) >= 11 is 0. The average Bonchev–Trinajstić information content (AvgIpc) is 2.68. The van der Waals surface area contributed by atoms with Gasteiger partial charge in [0.05, 0.1) is 18.8 Å². The quantitative estimate of drug-likeness (QED) is 0.788. The molecule has 27 heavy (non-hydrogen) atoms. The molecule has 0 bridgehead atoms. The summed E-state index contributed by atoms with van der Waals surface area (Å²) in [6, 6.07) is 9.80. The van der Waals surface area contributed by atoms with E-state index in [0.717, 1.165) is 22.5 Å². The van der Waals surface area contributed by atoms with E-state index in [1.807, 2.05) is 30.3 Å². The fourth-order valence-corrected chi connectivity index (χ4v) is 3.54. The van der Waals surface area contributed by atoms with Crippen molar-refractivity contribution in [2.24, 2.45) is 14.1 Å². The van der Waals surface area contributed by atoms with E-state index in [1.165, 1.54) is 11.6 Å². The Kier molecular flexibility index (Phi) is 4.95. The normalized spacial score (nSPS) is 15.7. The highest BCUT2D eigenvalue weighted by atomic mass is 16.5. The molecule has 8 nitrogen and oxygen atoms in total. The van der Waals surface area contributed by atoms with Crippen LogP contribution in [0.4, 0.5) is 11.5 Å². The number of hydrogen-bond acceptors (Lipinski definition) is 6. The number of benzene rings is 1. The van der Waals surface area contributed by atoms with E-state index in [-0.39, 0.29) is 11.7 Å². The number of aromatic nitrogens is 2. The van der Waals surface area contributed by atoms with Gasteiger partial charge in [0.25, 0.3) is 5.56 Å². The van der Waals surface area contributed by atoms with Crippen molar-refractivity contribution in [2.45, 2.75) is 13.0 Å². The van der Waals surface area contributed by atoms with Crippen LogP contribution >= 0.6 is 0 Å². The van der Waals surface area contributed by atoms with Gasteiger partial charge < -0.3 is 14.5 Å². The molecule has 0 saturated heterocycles. The Hall–Kier alpha value is -3.21. The maximum atomic E-state index is 12.3. The lowest BCUT2D eigenvalue weighted by atomic mass is 10.1. The number of rotatable bonds is 4. The first-order chi connectivity index (χ1) is 12.9. The van der Waals surface area contributed by atoms with Gasteiger partial charge in [0.2, 0.25) is 0 Å². The number of anilines is 2. The third kappa shape index (κ3) is 3.16. The number of nitriles is 1. The van der Waals surface area contributed by atoms with Gasteiger partial charge in [0.1, 0.15) is 23.7 Å². The Balaban J connectivity index is 1.94. The van der Waals surface area contributed by atoms with Gasteiger partial charge in [0, 0.05) is 27.7 Å². The largest absolute Gasteiger partial charge is 0.485 e. The molecule has 0 spiro atoms. The summed E-state index contributed by atoms with van der Waals surface area (Å²) in [5.41, 5.74) is -0.0539. The molecular formula is C19H23N5O3. The number of hydrogen-bond donors (Lipinski definition) is 0. The molecule has 0 saturated carbocycles. The predicted molar refractivity (Wildman–Crippen MR) is 104 cm³/mol. The van der Waals surface area contributed by atoms with Crippen molar-refractivity contribution in [1.29, 1.82) is 5.26 Å². The van der Waals surface area contributed by atoms with Gasteiger partial charge in [-0.3, -0.25) is 13.9 Å². The molecule has 0 unspecified atom stereocenters. The third-order valence-electron chi connectivity index (χ3n) is 4.89. The predicted octanol–water partition coefficient (Wildman–Crippen LogP) is 0.679. The first-order valence-corrected chi connectivity index (χ1v) is 8.80. The highest BCUT2D eigenvalue weighted by Crippen LogP contribution is 2.33. The SMILES string of the molecule is CCN1C[C@H](CN(C)c2c(C#N)c(=O)n(C)c(=O)n2C)Oc2ccccc21. The Morgan fingerprint density at radius 1 is 1.26 bits per heavy atom. The summed E-state index contributed by atoms with van der Waals surface area (Å²) in [6.45, 7) is 4.04. The van der Waals surface area contributed by atoms with Crippen molar-refractivity contribution < 1.29 is 4.74 Å². The molecule has 0 radical (unpaired) electrons. The molecule has 1 aromatic heterocycles. The van der Waals surface area contributed by atoms with Crippen molar-refractivity contribution in [1.82, 2.24) is 9.13 Å². The van der Waals surface area contributed by atoms with Crippen LogP contribution in [0.1, 0.15) is 12.5 Å². The van der Waals surface area contributed by atoms with Crippen LogP contribution in [0.3, 0.4) is 0 Å². The Morgan fingerprint density at radius 2 is 1.96 bits per heavy atom. The Labute approximate surface area is 157 Å². The standard InChI is InChI=1S/C19H23N5O3/c1-5-24-12-13(27-16-9-7-6-8-15(16)24)11-21(2)17-14(10-20)18(25)23(4)19(26)22(17)3/h6-9,13H,5,11-12H2,1-4H3/t13-/m0/s1. The smallest absolute Gasteiger partial charge is 0.332 e. The molecule has 0 N–H and O–H groups in total. The Bertz CT molecular complexity index is 1020. The first-order valence-electron chi connectivity index (χ1n) is 8.80. The van der Waals surface area contributed by atoms with Gasteiger partial charge in [-0.1, -0.05) is 12.1 Å². The summed E-state index contributed by atoms with van der Waals surface area (Å²) in [5.74, 6) is 1.11. The average molecular weight is 369 g/mol. The van der Waals surface area contributed by atoms with Crippen LogP contribution in [0.5, 0.6) is 5.75 Å². The first kappa shape index (κ1) is 18.6. The fourth-order valence-electron chi connectivity index (χ4n) is 3.54. The topological polar surface area (TPSA) is 83.5 Å². The van der Waals surface area contributed by atoms with Crippen LogP contribution in [0, 0.1) is 11.3 Å². The molecule has 2 aromatic rings. The molecule has 1 aliphatic heterocycles. The van der Waals surface area contributed by atoms with E-state index in [0.29, 0.717) is 18.9 Å². The van der Waals surface area contributed by atoms with Gasteiger partial charge in [-0.2, -0.15) is 5.26 Å². The van der Waals surface area contributed by atoms with E-state index < -0.39 is 11.2 Å². The molecule has 142 valence electrons. The molecule has 1 atom stereocenters. The summed E-state index contributed by atoms with van der Waals surface area (Å²) in [5, 5.41) is 9.46. The third-order valence-corrected chi connectivity index (χ3v) is 4.89. The van der Waals surface area contributed by atoms with E-state index in [1.54, 1.807) is 19.0 Å². The minimum absolute atomic E-state index is 0.0503. The number of likely N-dealkylation sites (N-methyl/N-ethyl adjacent to an activating group) is 2. The number of para-hydroxylation sites is 2. The molecule has 3 rings (SSSR count). The molecular weight excluding hydrogens is 346 g/mol. The monoisotopic (exact) mass is 369 g/mol. The van der Waals surface area contributed by atoms with Gasteiger partial charge >= 0.3 is 5.69 Å². The van der Waals surface area contributed by atoms with Gasteiger partial charge in [-0.05, 0) is 19.1 Å². The molecule has 8 heteroatoms. The van der Waals surface area contributed by atoms with Gasteiger partial charge in [-0.15, -0.1) is 0 Å². The summed E-state index contributed by atoms with van der Waals surface area (Å²) in [6.07, 6.45) is -0.171. The molecule has 1 aliphatic rings. The summed E-state index contributed by atoms with van der Waals surface area (Å²) in [4.78, 5) is 28.6. The lowest BCUT2D eigenvalue weighted by Gasteiger charge is -2.37. The summed E-state index contributed by atoms with van der Waals surface area (Å²) in [7, 11) is 4.69. The van der Waals surface area contributed by atoms with Crippen molar-refractivity contribution >= 4 is 11.5 Å². The minimum Gasteiger partial charge on any atom is -0.485 e. The lowest BCUT2D eigenvalue weighted by molar-refractivity contribution is 0.199. The van der Waals surface area contributed by atoms with E-state index in [4.69, 9.17) is 4.74 Å². The van der Waals surface area contributed by atoms with Gasteiger partial charge in [-0.25, -0.2) is 4.79 Å². The molecule has 0 fully saturated rings. The van der Waals surface area contributed by atoms with Crippen LogP contribution < -0.4 is 25.8 Å². The van der Waals surface area contributed by atoms with Crippen LogP contribution in [0.2, 0.25) is 0 Å². The second-order valence-corrected chi connectivity index (χ2v) is 6.64. The number of ether oxygens (including phenoxy) is 1. The molecule has 1 aromatic carbocycles.